The fraction of sp³-hybridized carbons (Fsp3) is 0.125. The van der Waals surface area contributed by atoms with E-state index in [0.717, 1.165) is 5.56 Å². The third kappa shape index (κ3) is 0.506. The zero-order valence-corrected chi connectivity index (χ0v) is 5.55. The van der Waals surface area contributed by atoms with E-state index in [1.165, 1.54) is 0 Å². The fourth-order valence-corrected chi connectivity index (χ4v) is 1.10. The van der Waals surface area contributed by atoms with E-state index in [4.69, 9.17) is 4.74 Å². The largest absolute Gasteiger partial charge is 0.423 e. The molecule has 2 rings (SSSR count). The third-order valence-corrected chi connectivity index (χ3v) is 1.71. The molecule has 2 nitrogen and oxygen atoms in total. The van der Waals surface area contributed by atoms with E-state index in [1.54, 1.807) is 12.1 Å². The molecule has 0 N–H and O–H groups in total. The van der Waals surface area contributed by atoms with Crippen LogP contribution >= 0.6 is 0 Å². The monoisotopic (exact) mass is 134 g/mol. The molecule has 0 spiro atoms. The van der Waals surface area contributed by atoms with Crippen molar-refractivity contribution in [1.29, 1.82) is 0 Å². The molecule has 1 heterocycles. The summed E-state index contributed by atoms with van der Waals surface area (Å²) in [6.07, 6.45) is 0. The minimum atomic E-state index is -0.225. The van der Waals surface area contributed by atoms with Crippen molar-refractivity contribution >= 4 is 5.97 Å². The normalized spacial score (nSPS) is 13.5. The van der Waals surface area contributed by atoms with Crippen LogP contribution in [-0.2, 0) is 0 Å². The Kier molecular flexibility index (Phi) is 0.873. The van der Waals surface area contributed by atoms with E-state index in [0.29, 0.717) is 11.3 Å². The van der Waals surface area contributed by atoms with Crippen molar-refractivity contribution in [3.05, 3.63) is 29.3 Å². The van der Waals surface area contributed by atoms with Gasteiger partial charge in [0, 0.05) is 5.56 Å². The minimum Gasteiger partial charge on any atom is -0.423 e. The molecule has 0 aliphatic carbocycles. The van der Waals surface area contributed by atoms with Gasteiger partial charge in [-0.05, 0) is 19.1 Å². The molecule has 0 saturated heterocycles. The number of benzene rings is 1. The standard InChI is InChI=1S/C8H6O2/c1-5-6-3-2-4-7(5)10-8(6)9/h2-4H,1H3. The second-order valence-electron chi connectivity index (χ2n) is 2.32. The number of hydrogen-bond acceptors (Lipinski definition) is 2. The van der Waals surface area contributed by atoms with Crippen molar-refractivity contribution in [2.45, 2.75) is 6.92 Å². The quantitative estimate of drug-likeness (QED) is 0.503. The van der Waals surface area contributed by atoms with E-state index in [2.05, 4.69) is 0 Å². The molecular weight excluding hydrogens is 128 g/mol. The lowest BCUT2D eigenvalue weighted by molar-refractivity contribution is 0.0755. The predicted molar refractivity (Wildman–Crippen MR) is 36.1 cm³/mol. The van der Waals surface area contributed by atoms with Crippen LogP contribution in [0.5, 0.6) is 5.75 Å². The summed E-state index contributed by atoms with van der Waals surface area (Å²) in [5, 5.41) is 0. The first-order valence-corrected chi connectivity index (χ1v) is 3.11. The zero-order valence-electron chi connectivity index (χ0n) is 5.55. The smallest absolute Gasteiger partial charge is 0.343 e. The molecule has 0 saturated carbocycles. The molecule has 1 aliphatic heterocycles. The Bertz CT molecular complexity index is 302. The molecule has 0 amide bonds. The number of carbonyl (C=O) groups excluding carboxylic acids is 1. The Hall–Kier alpha value is -1.31. The molecule has 0 unspecified atom stereocenters. The van der Waals surface area contributed by atoms with Crippen LogP contribution in [0.4, 0.5) is 0 Å². The molecule has 10 heavy (non-hydrogen) atoms. The van der Waals surface area contributed by atoms with Crippen molar-refractivity contribution in [1.82, 2.24) is 0 Å². The molecule has 0 fully saturated rings. The number of carbonyl (C=O) groups is 1. The van der Waals surface area contributed by atoms with Crippen molar-refractivity contribution in [2.75, 3.05) is 0 Å². The molecule has 1 aromatic rings. The van der Waals surface area contributed by atoms with Crippen LogP contribution in [0.25, 0.3) is 0 Å². The van der Waals surface area contributed by atoms with Gasteiger partial charge in [-0.3, -0.25) is 0 Å². The number of rotatable bonds is 0. The number of ether oxygens (including phenoxy) is 1. The van der Waals surface area contributed by atoms with Gasteiger partial charge < -0.3 is 4.74 Å². The summed E-state index contributed by atoms with van der Waals surface area (Å²) in [4.78, 5) is 10.9. The fourth-order valence-electron chi connectivity index (χ4n) is 1.10. The number of esters is 1. The molecule has 50 valence electrons. The van der Waals surface area contributed by atoms with Crippen molar-refractivity contribution in [3.63, 3.8) is 0 Å². The van der Waals surface area contributed by atoms with Crippen molar-refractivity contribution in [2.24, 2.45) is 0 Å². The summed E-state index contributed by atoms with van der Waals surface area (Å²) in [6.45, 7) is 1.88. The van der Waals surface area contributed by atoms with E-state index in [9.17, 15) is 4.79 Å². The van der Waals surface area contributed by atoms with E-state index >= 15 is 0 Å². The first kappa shape index (κ1) is 5.47. The predicted octanol–water partition coefficient (Wildman–Crippen LogP) is 1.53. The Balaban J connectivity index is 2.76. The van der Waals surface area contributed by atoms with Crippen LogP contribution in [0.15, 0.2) is 18.2 Å². The summed E-state index contributed by atoms with van der Waals surface area (Å²) in [7, 11) is 0. The molecule has 2 bridgehead atoms. The van der Waals surface area contributed by atoms with Gasteiger partial charge in [0.05, 0.1) is 5.56 Å². The van der Waals surface area contributed by atoms with E-state index in [1.807, 2.05) is 13.0 Å². The summed E-state index contributed by atoms with van der Waals surface area (Å²) in [5.74, 6) is 0.472. The summed E-state index contributed by atoms with van der Waals surface area (Å²) in [5.41, 5.74) is 1.64. The van der Waals surface area contributed by atoms with Gasteiger partial charge in [0.15, 0.2) is 0 Å². The average molecular weight is 134 g/mol. The van der Waals surface area contributed by atoms with Crippen LogP contribution in [0.2, 0.25) is 0 Å². The van der Waals surface area contributed by atoms with Crippen LogP contribution in [-0.4, -0.2) is 5.97 Å². The molecular formula is C8H6O2. The molecule has 0 radical (unpaired) electrons. The molecule has 1 aromatic carbocycles. The highest BCUT2D eigenvalue weighted by Crippen LogP contribution is 2.28. The Morgan fingerprint density at radius 2 is 2.20 bits per heavy atom. The number of hydrogen-bond donors (Lipinski definition) is 0. The zero-order chi connectivity index (χ0) is 7.14. The summed E-state index contributed by atoms with van der Waals surface area (Å²) in [6, 6.07) is 5.39. The van der Waals surface area contributed by atoms with Gasteiger partial charge in [-0.2, -0.15) is 0 Å². The van der Waals surface area contributed by atoms with Crippen LogP contribution in [0.3, 0.4) is 0 Å². The topological polar surface area (TPSA) is 26.3 Å². The van der Waals surface area contributed by atoms with Crippen LogP contribution in [0, 0.1) is 6.92 Å². The van der Waals surface area contributed by atoms with Gasteiger partial charge in [0.2, 0.25) is 0 Å². The van der Waals surface area contributed by atoms with Gasteiger partial charge in [-0.15, -0.1) is 0 Å². The maximum atomic E-state index is 10.9. The Morgan fingerprint density at radius 3 is 2.80 bits per heavy atom. The first-order valence-electron chi connectivity index (χ1n) is 3.11. The number of fused-ring (bicyclic) bond motifs is 2. The van der Waals surface area contributed by atoms with E-state index < -0.39 is 0 Å². The molecule has 1 aliphatic rings. The van der Waals surface area contributed by atoms with E-state index in [-0.39, 0.29) is 5.97 Å². The molecule has 0 atom stereocenters. The minimum absolute atomic E-state index is 0.225. The van der Waals surface area contributed by atoms with Gasteiger partial charge in [0.1, 0.15) is 5.75 Å². The van der Waals surface area contributed by atoms with Crippen LogP contribution in [0.1, 0.15) is 15.9 Å². The SMILES string of the molecule is Cc1c2cccc1C(=O)O2. The van der Waals surface area contributed by atoms with Gasteiger partial charge >= 0.3 is 5.97 Å². The van der Waals surface area contributed by atoms with Crippen molar-refractivity contribution < 1.29 is 9.53 Å². The average Bonchev–Trinajstić information content (AvgIpc) is 2.16. The molecule has 0 aromatic heterocycles. The van der Waals surface area contributed by atoms with Gasteiger partial charge in [-0.25, -0.2) is 4.79 Å². The lowest BCUT2D eigenvalue weighted by Gasteiger charge is -1.89. The van der Waals surface area contributed by atoms with Crippen LogP contribution < -0.4 is 4.74 Å². The highest BCUT2D eigenvalue weighted by atomic mass is 16.5. The molecule has 2 heteroatoms. The maximum Gasteiger partial charge on any atom is 0.343 e. The summed E-state index contributed by atoms with van der Waals surface area (Å²) < 4.78 is 4.88. The summed E-state index contributed by atoms with van der Waals surface area (Å²) >= 11 is 0. The lowest BCUT2D eigenvalue weighted by Crippen LogP contribution is -1.99. The maximum absolute atomic E-state index is 10.9. The second-order valence-corrected chi connectivity index (χ2v) is 2.32. The second kappa shape index (κ2) is 1.59. The highest BCUT2D eigenvalue weighted by molar-refractivity contribution is 5.97. The first-order chi connectivity index (χ1) is 4.79. The van der Waals surface area contributed by atoms with Gasteiger partial charge in [-0.1, -0.05) is 6.07 Å². The third-order valence-electron chi connectivity index (χ3n) is 1.71. The Morgan fingerprint density at radius 1 is 1.40 bits per heavy atom. The Labute approximate surface area is 58.4 Å². The van der Waals surface area contributed by atoms with Gasteiger partial charge in [0.25, 0.3) is 0 Å². The lowest BCUT2D eigenvalue weighted by atomic mass is 10.1. The van der Waals surface area contributed by atoms with Crippen molar-refractivity contribution in [3.8, 4) is 5.75 Å². The highest BCUT2D eigenvalue weighted by Gasteiger charge is 2.21.